The van der Waals surface area contributed by atoms with Gasteiger partial charge in [0.05, 0.1) is 6.42 Å². The van der Waals surface area contributed by atoms with Gasteiger partial charge >= 0.3 is 5.97 Å². The van der Waals surface area contributed by atoms with Crippen LogP contribution in [0.4, 0.5) is 5.69 Å². The number of aliphatic carboxylic acids is 1. The zero-order chi connectivity index (χ0) is 21.6. The van der Waals surface area contributed by atoms with Gasteiger partial charge in [0.1, 0.15) is 0 Å². The molecule has 3 atom stereocenters. The first kappa shape index (κ1) is 21.1. The van der Waals surface area contributed by atoms with E-state index in [1.165, 1.54) is 5.56 Å². The molecule has 2 saturated heterocycles. The quantitative estimate of drug-likeness (QED) is 0.788. The number of anilines is 1. The molecule has 1 aliphatic carbocycles. The molecular formula is C24H35N3O3. The third-order valence-electron chi connectivity index (χ3n) is 7.73. The molecule has 2 N–H and O–H groups in total. The van der Waals surface area contributed by atoms with Crippen molar-refractivity contribution in [2.45, 2.75) is 72.1 Å². The molecule has 3 heterocycles. The van der Waals surface area contributed by atoms with Gasteiger partial charge in [0, 0.05) is 53.8 Å². The number of carboxylic acids is 1. The molecule has 6 heteroatoms. The monoisotopic (exact) mass is 413 g/mol. The lowest BCUT2D eigenvalue weighted by molar-refractivity contribution is -0.136. The van der Waals surface area contributed by atoms with Crippen molar-refractivity contribution in [3.63, 3.8) is 0 Å². The van der Waals surface area contributed by atoms with Crippen LogP contribution in [0.2, 0.25) is 0 Å². The molecule has 3 fully saturated rings. The summed E-state index contributed by atoms with van der Waals surface area (Å²) in [5.41, 5.74) is 5.46. The van der Waals surface area contributed by atoms with Gasteiger partial charge in [-0.25, -0.2) is 0 Å². The lowest BCUT2D eigenvalue weighted by Gasteiger charge is -2.42. The summed E-state index contributed by atoms with van der Waals surface area (Å²) in [5.74, 6) is 0.278. The van der Waals surface area contributed by atoms with Crippen LogP contribution >= 0.6 is 0 Å². The second-order valence-electron chi connectivity index (χ2n) is 10.4. The van der Waals surface area contributed by atoms with E-state index < -0.39 is 5.97 Å². The van der Waals surface area contributed by atoms with E-state index in [4.69, 9.17) is 4.98 Å². The summed E-state index contributed by atoms with van der Waals surface area (Å²) in [6.07, 6.45) is 5.09. The first-order valence-electron chi connectivity index (χ1n) is 11.4. The Morgan fingerprint density at radius 1 is 1.20 bits per heavy atom. The summed E-state index contributed by atoms with van der Waals surface area (Å²) in [6.45, 7) is 11.3. The number of carbonyl (C=O) groups excluding carboxylic acids is 1. The van der Waals surface area contributed by atoms with Gasteiger partial charge in [0.2, 0.25) is 5.91 Å². The zero-order valence-corrected chi connectivity index (χ0v) is 18.8. The molecule has 0 bridgehead atoms. The van der Waals surface area contributed by atoms with Crippen LogP contribution in [0.1, 0.15) is 74.4 Å². The number of aryl methyl sites for hydroxylation is 2. The number of amides is 1. The third kappa shape index (κ3) is 3.93. The number of carbonyl (C=O) groups is 2. The van der Waals surface area contributed by atoms with Crippen molar-refractivity contribution < 1.29 is 14.7 Å². The Morgan fingerprint density at radius 2 is 1.90 bits per heavy atom. The van der Waals surface area contributed by atoms with Gasteiger partial charge in [-0.1, -0.05) is 13.8 Å². The van der Waals surface area contributed by atoms with Gasteiger partial charge < -0.3 is 15.3 Å². The first-order valence-corrected chi connectivity index (χ1v) is 11.4. The SMILES string of the molecule is Cc1nc(C)c(C2CCC3C(=O)NCC3C2)c(N2CCC(C)(C)CC2)c1CC(=O)O. The number of hydrogen-bond acceptors (Lipinski definition) is 4. The van der Waals surface area contributed by atoms with Crippen molar-refractivity contribution in [1.82, 2.24) is 10.3 Å². The fourth-order valence-corrected chi connectivity index (χ4v) is 5.89. The molecule has 2 aliphatic heterocycles. The Kier molecular flexibility index (Phi) is 5.54. The van der Waals surface area contributed by atoms with Crippen molar-refractivity contribution in [3.05, 3.63) is 22.5 Å². The molecule has 6 nitrogen and oxygen atoms in total. The highest BCUT2D eigenvalue weighted by Crippen LogP contribution is 2.47. The molecule has 1 aromatic rings. The van der Waals surface area contributed by atoms with Crippen LogP contribution in [0, 0.1) is 31.1 Å². The third-order valence-corrected chi connectivity index (χ3v) is 7.73. The lowest BCUT2D eigenvalue weighted by Crippen LogP contribution is -2.39. The second kappa shape index (κ2) is 7.86. The van der Waals surface area contributed by atoms with Gasteiger partial charge in [-0.15, -0.1) is 0 Å². The molecule has 1 amide bonds. The van der Waals surface area contributed by atoms with Gasteiger partial charge in [-0.2, -0.15) is 0 Å². The lowest BCUT2D eigenvalue weighted by atomic mass is 9.72. The van der Waals surface area contributed by atoms with Gasteiger partial charge in [0.25, 0.3) is 0 Å². The van der Waals surface area contributed by atoms with Crippen LogP contribution in [0.15, 0.2) is 0 Å². The van der Waals surface area contributed by atoms with Gasteiger partial charge in [-0.05, 0) is 63.2 Å². The van der Waals surface area contributed by atoms with Crippen LogP contribution in [-0.4, -0.2) is 41.6 Å². The maximum Gasteiger partial charge on any atom is 0.307 e. The Hall–Kier alpha value is -2.11. The van der Waals surface area contributed by atoms with Crippen LogP contribution < -0.4 is 10.2 Å². The maximum atomic E-state index is 12.1. The molecule has 3 unspecified atom stereocenters. The molecular weight excluding hydrogens is 378 g/mol. The second-order valence-corrected chi connectivity index (χ2v) is 10.4. The van der Waals surface area contributed by atoms with E-state index in [-0.39, 0.29) is 18.2 Å². The topological polar surface area (TPSA) is 82.5 Å². The number of aromatic nitrogens is 1. The van der Waals surface area contributed by atoms with Crippen LogP contribution in [-0.2, 0) is 16.0 Å². The molecule has 1 saturated carbocycles. The summed E-state index contributed by atoms with van der Waals surface area (Å²) in [7, 11) is 0. The van der Waals surface area contributed by atoms with Gasteiger partial charge in [-0.3, -0.25) is 14.6 Å². The van der Waals surface area contributed by atoms with Crippen LogP contribution in [0.3, 0.4) is 0 Å². The highest BCUT2D eigenvalue weighted by molar-refractivity contribution is 5.81. The summed E-state index contributed by atoms with van der Waals surface area (Å²) in [5, 5.41) is 12.7. The Morgan fingerprint density at radius 3 is 2.57 bits per heavy atom. The molecule has 0 aromatic carbocycles. The summed E-state index contributed by atoms with van der Waals surface area (Å²) in [6, 6.07) is 0. The van der Waals surface area contributed by atoms with E-state index >= 15 is 0 Å². The van der Waals surface area contributed by atoms with Crippen molar-refractivity contribution >= 4 is 17.6 Å². The number of fused-ring (bicyclic) bond motifs is 1. The Bertz CT molecular complexity index is 854. The molecule has 3 aliphatic rings. The average Bonchev–Trinajstić information content (AvgIpc) is 3.04. The fourth-order valence-electron chi connectivity index (χ4n) is 5.89. The summed E-state index contributed by atoms with van der Waals surface area (Å²) >= 11 is 0. The molecule has 164 valence electrons. The van der Waals surface area contributed by atoms with Gasteiger partial charge in [0.15, 0.2) is 0 Å². The van der Waals surface area contributed by atoms with Crippen molar-refractivity contribution in [2.75, 3.05) is 24.5 Å². The van der Waals surface area contributed by atoms with E-state index in [1.54, 1.807) is 0 Å². The summed E-state index contributed by atoms with van der Waals surface area (Å²) in [4.78, 5) is 31.1. The first-order chi connectivity index (χ1) is 14.2. The zero-order valence-electron chi connectivity index (χ0n) is 18.8. The summed E-state index contributed by atoms with van der Waals surface area (Å²) < 4.78 is 0. The van der Waals surface area contributed by atoms with E-state index in [0.29, 0.717) is 17.3 Å². The predicted molar refractivity (Wildman–Crippen MR) is 117 cm³/mol. The van der Waals surface area contributed by atoms with Crippen molar-refractivity contribution in [2.24, 2.45) is 17.3 Å². The maximum absolute atomic E-state index is 12.1. The molecule has 4 rings (SSSR count). The number of rotatable bonds is 4. The standard InChI is InChI=1S/C24H35N3O3/c1-14-19(12-20(28)29)22(27-9-7-24(3,4)8-10-27)21(15(2)26-14)16-5-6-18-17(11-16)13-25-23(18)30/h16-18H,5-13H2,1-4H3,(H,25,30)(H,28,29). The van der Waals surface area contributed by atoms with Crippen molar-refractivity contribution in [3.8, 4) is 0 Å². The van der Waals surface area contributed by atoms with Crippen molar-refractivity contribution in [1.29, 1.82) is 0 Å². The molecule has 0 radical (unpaired) electrons. The Balaban J connectivity index is 1.75. The minimum absolute atomic E-state index is 0.0140. The number of nitrogens with one attached hydrogen (secondary N) is 1. The normalized spacial score (nSPS) is 28.2. The number of piperidine rings is 1. The number of carboxylic acid groups (broad SMARTS) is 1. The number of hydrogen-bond donors (Lipinski definition) is 2. The minimum Gasteiger partial charge on any atom is -0.481 e. The van der Waals surface area contributed by atoms with E-state index in [0.717, 1.165) is 74.4 Å². The van der Waals surface area contributed by atoms with Crippen LogP contribution in [0.25, 0.3) is 0 Å². The highest BCUT2D eigenvalue weighted by Gasteiger charge is 2.41. The van der Waals surface area contributed by atoms with E-state index in [9.17, 15) is 14.7 Å². The van der Waals surface area contributed by atoms with Crippen LogP contribution in [0.5, 0.6) is 0 Å². The number of pyridine rings is 1. The molecule has 30 heavy (non-hydrogen) atoms. The highest BCUT2D eigenvalue weighted by atomic mass is 16.4. The predicted octanol–water partition coefficient (Wildman–Crippen LogP) is 3.58. The molecule has 0 spiro atoms. The number of nitrogens with zero attached hydrogens (tertiary/aromatic N) is 2. The van der Waals surface area contributed by atoms with E-state index in [2.05, 4.69) is 31.0 Å². The smallest absolute Gasteiger partial charge is 0.307 e. The Labute approximate surface area is 179 Å². The fraction of sp³-hybridized carbons (Fsp3) is 0.708. The molecule has 1 aromatic heterocycles. The largest absolute Gasteiger partial charge is 0.481 e. The average molecular weight is 414 g/mol. The minimum atomic E-state index is -0.803. The van der Waals surface area contributed by atoms with E-state index in [1.807, 2.05) is 6.92 Å².